The number of aryl methyl sites for hydroxylation is 1. The van der Waals surface area contributed by atoms with Gasteiger partial charge in [-0.05, 0) is 37.1 Å². The second-order valence-corrected chi connectivity index (χ2v) is 8.75. The van der Waals surface area contributed by atoms with E-state index in [9.17, 15) is 13.2 Å². The number of nitrogens with zero attached hydrogens (tertiary/aromatic N) is 3. The first-order valence-corrected chi connectivity index (χ1v) is 10.2. The molecule has 0 bridgehead atoms. The minimum absolute atomic E-state index is 0.188. The number of piperidine rings is 1. The molecule has 1 aromatic carbocycles. The molecule has 0 radical (unpaired) electrons. The fourth-order valence-electron chi connectivity index (χ4n) is 2.89. The summed E-state index contributed by atoms with van der Waals surface area (Å²) in [6.07, 6.45) is 3.76. The van der Waals surface area contributed by atoms with E-state index in [2.05, 4.69) is 26.3 Å². The van der Waals surface area contributed by atoms with E-state index in [0.29, 0.717) is 18.8 Å². The first-order valence-electron chi connectivity index (χ1n) is 7.96. The van der Waals surface area contributed by atoms with Crippen molar-refractivity contribution in [3.05, 3.63) is 41.0 Å². The van der Waals surface area contributed by atoms with Gasteiger partial charge in [0.05, 0.1) is 4.90 Å². The number of halogens is 1. The number of carbonyl (C=O) groups is 1. The molecule has 1 aliphatic rings. The van der Waals surface area contributed by atoms with Crippen LogP contribution in [0.25, 0.3) is 0 Å². The van der Waals surface area contributed by atoms with Crippen LogP contribution in [0.4, 0.5) is 5.82 Å². The average Bonchev–Trinajstić information content (AvgIpc) is 3.00. The maximum absolute atomic E-state index is 13.0. The van der Waals surface area contributed by atoms with Crippen molar-refractivity contribution in [3.63, 3.8) is 0 Å². The molecule has 1 N–H and O–H groups in total. The number of benzene rings is 1. The minimum Gasteiger partial charge on any atom is -0.308 e. The van der Waals surface area contributed by atoms with Gasteiger partial charge in [-0.3, -0.25) is 9.48 Å². The Labute approximate surface area is 155 Å². The van der Waals surface area contributed by atoms with Crippen LogP contribution < -0.4 is 5.32 Å². The molecule has 1 unspecified atom stereocenters. The van der Waals surface area contributed by atoms with Crippen LogP contribution in [0, 0.1) is 0 Å². The molecule has 134 valence electrons. The van der Waals surface area contributed by atoms with Crippen LogP contribution in [0.5, 0.6) is 0 Å². The Morgan fingerprint density at radius 3 is 2.60 bits per heavy atom. The second kappa shape index (κ2) is 7.27. The number of rotatable bonds is 4. The number of nitrogens with one attached hydrogen (secondary N) is 1. The predicted octanol–water partition coefficient (Wildman–Crippen LogP) is 2.36. The van der Waals surface area contributed by atoms with Gasteiger partial charge in [-0.2, -0.15) is 9.40 Å². The molecule has 25 heavy (non-hydrogen) atoms. The van der Waals surface area contributed by atoms with E-state index in [4.69, 9.17) is 0 Å². The Bertz CT molecular complexity index is 864. The number of hydrogen-bond acceptors (Lipinski definition) is 4. The number of aromatic nitrogens is 2. The van der Waals surface area contributed by atoms with E-state index in [1.807, 2.05) is 0 Å². The SMILES string of the molecule is Cn1ccc(NC(=O)C2CCCCN2S(=O)(=O)c2ccc(Br)cc2)n1. The van der Waals surface area contributed by atoms with Gasteiger partial charge in [-0.25, -0.2) is 8.42 Å². The van der Waals surface area contributed by atoms with Gasteiger partial charge in [0.25, 0.3) is 0 Å². The lowest BCUT2D eigenvalue weighted by Gasteiger charge is -2.33. The maximum Gasteiger partial charge on any atom is 0.244 e. The molecule has 1 amide bonds. The smallest absolute Gasteiger partial charge is 0.244 e. The van der Waals surface area contributed by atoms with Crippen molar-refractivity contribution < 1.29 is 13.2 Å². The van der Waals surface area contributed by atoms with Crippen LogP contribution in [-0.2, 0) is 21.9 Å². The van der Waals surface area contributed by atoms with E-state index in [1.165, 1.54) is 4.31 Å². The average molecular weight is 427 g/mol. The molecule has 1 atom stereocenters. The summed E-state index contributed by atoms with van der Waals surface area (Å²) in [5.74, 6) is 0.0677. The summed E-state index contributed by atoms with van der Waals surface area (Å²) in [6, 6.07) is 7.39. The van der Waals surface area contributed by atoms with Gasteiger partial charge < -0.3 is 5.32 Å². The molecule has 9 heteroatoms. The van der Waals surface area contributed by atoms with Gasteiger partial charge in [0.1, 0.15) is 6.04 Å². The van der Waals surface area contributed by atoms with Crippen LogP contribution in [-0.4, -0.2) is 41.0 Å². The normalized spacial score (nSPS) is 18.9. The van der Waals surface area contributed by atoms with Gasteiger partial charge in [-0.1, -0.05) is 22.4 Å². The van der Waals surface area contributed by atoms with Crippen LogP contribution >= 0.6 is 15.9 Å². The zero-order chi connectivity index (χ0) is 18.0. The molecule has 1 aliphatic heterocycles. The largest absolute Gasteiger partial charge is 0.308 e. The van der Waals surface area contributed by atoms with Crippen molar-refractivity contribution in [1.29, 1.82) is 0 Å². The third-order valence-corrected chi connectivity index (χ3v) is 6.59. The Morgan fingerprint density at radius 1 is 1.24 bits per heavy atom. The van der Waals surface area contributed by atoms with Crippen LogP contribution in [0.15, 0.2) is 45.9 Å². The first kappa shape index (κ1) is 18.1. The van der Waals surface area contributed by atoms with E-state index in [1.54, 1.807) is 48.3 Å². The van der Waals surface area contributed by atoms with E-state index >= 15 is 0 Å². The number of anilines is 1. The highest BCUT2D eigenvalue weighted by Gasteiger charge is 2.37. The van der Waals surface area contributed by atoms with Gasteiger partial charge in [0.2, 0.25) is 15.9 Å². The quantitative estimate of drug-likeness (QED) is 0.812. The molecule has 7 nitrogen and oxygen atoms in total. The van der Waals surface area contributed by atoms with Gasteiger partial charge in [0.15, 0.2) is 5.82 Å². The standard InChI is InChI=1S/C16H19BrN4O3S/c1-20-11-9-15(19-20)18-16(22)14-4-2-3-10-21(14)25(23,24)13-7-5-12(17)6-8-13/h5-9,11,14H,2-4,10H2,1H3,(H,18,19,22). The van der Waals surface area contributed by atoms with Gasteiger partial charge in [0, 0.05) is 30.3 Å². The molecule has 1 fully saturated rings. The van der Waals surface area contributed by atoms with Crippen molar-refractivity contribution in [2.75, 3.05) is 11.9 Å². The first-order chi connectivity index (χ1) is 11.9. The molecule has 2 heterocycles. The number of sulfonamides is 1. The van der Waals surface area contributed by atoms with Crippen LogP contribution in [0.1, 0.15) is 19.3 Å². The Balaban J connectivity index is 1.84. The maximum atomic E-state index is 13.0. The summed E-state index contributed by atoms with van der Waals surface area (Å²) in [6.45, 7) is 0.332. The van der Waals surface area contributed by atoms with E-state index in [-0.39, 0.29) is 10.8 Å². The predicted molar refractivity (Wildman–Crippen MR) is 97.5 cm³/mol. The van der Waals surface area contributed by atoms with Crippen molar-refractivity contribution >= 4 is 37.7 Å². The highest BCUT2D eigenvalue weighted by Crippen LogP contribution is 2.27. The summed E-state index contributed by atoms with van der Waals surface area (Å²) < 4.78 is 29.6. The second-order valence-electron chi connectivity index (χ2n) is 5.95. The molecule has 1 aromatic heterocycles. The zero-order valence-corrected chi connectivity index (χ0v) is 16.1. The summed E-state index contributed by atoms with van der Waals surface area (Å²) in [5, 5.41) is 6.82. The molecular formula is C16H19BrN4O3S. The Morgan fingerprint density at radius 2 is 1.96 bits per heavy atom. The minimum atomic E-state index is -3.73. The van der Waals surface area contributed by atoms with E-state index < -0.39 is 16.1 Å². The Kier molecular flexibility index (Phi) is 5.26. The molecule has 0 saturated carbocycles. The zero-order valence-electron chi connectivity index (χ0n) is 13.7. The molecular weight excluding hydrogens is 408 g/mol. The van der Waals surface area contributed by atoms with E-state index in [0.717, 1.165) is 17.3 Å². The molecule has 2 aromatic rings. The summed E-state index contributed by atoms with van der Waals surface area (Å²) in [7, 11) is -1.98. The number of amides is 1. The lowest BCUT2D eigenvalue weighted by atomic mass is 10.0. The van der Waals surface area contributed by atoms with Crippen LogP contribution in [0.2, 0.25) is 0 Å². The highest BCUT2D eigenvalue weighted by molar-refractivity contribution is 9.10. The van der Waals surface area contributed by atoms with Gasteiger partial charge in [-0.15, -0.1) is 0 Å². The Hall–Kier alpha value is -1.71. The highest BCUT2D eigenvalue weighted by atomic mass is 79.9. The third-order valence-electron chi connectivity index (χ3n) is 4.14. The van der Waals surface area contributed by atoms with Crippen LogP contribution in [0.3, 0.4) is 0 Å². The van der Waals surface area contributed by atoms with Gasteiger partial charge >= 0.3 is 0 Å². The van der Waals surface area contributed by atoms with Crippen molar-refractivity contribution in [2.45, 2.75) is 30.2 Å². The molecule has 1 saturated heterocycles. The number of hydrogen-bond donors (Lipinski definition) is 1. The lowest BCUT2D eigenvalue weighted by Crippen LogP contribution is -2.49. The summed E-state index contributed by atoms with van der Waals surface area (Å²) in [5.41, 5.74) is 0. The fourth-order valence-corrected chi connectivity index (χ4v) is 4.81. The molecule has 0 spiro atoms. The van der Waals surface area contributed by atoms with Crippen molar-refractivity contribution in [1.82, 2.24) is 14.1 Å². The topological polar surface area (TPSA) is 84.3 Å². The molecule has 0 aliphatic carbocycles. The summed E-state index contributed by atoms with van der Waals surface area (Å²) in [4.78, 5) is 12.8. The monoisotopic (exact) mass is 426 g/mol. The summed E-state index contributed by atoms with van der Waals surface area (Å²) >= 11 is 3.30. The fraction of sp³-hybridized carbons (Fsp3) is 0.375. The lowest BCUT2D eigenvalue weighted by molar-refractivity contribution is -0.120. The number of carbonyl (C=O) groups excluding carboxylic acids is 1. The van der Waals surface area contributed by atoms with Crippen molar-refractivity contribution in [3.8, 4) is 0 Å². The third kappa shape index (κ3) is 3.94. The van der Waals surface area contributed by atoms with Crippen molar-refractivity contribution in [2.24, 2.45) is 7.05 Å². The molecule has 3 rings (SSSR count).